The van der Waals surface area contributed by atoms with Crippen molar-refractivity contribution in [2.45, 2.75) is 6.54 Å². The molecule has 0 unspecified atom stereocenters. The number of morpholine rings is 1. The molecule has 118 valence electrons. The highest BCUT2D eigenvalue weighted by Crippen LogP contribution is 2.28. The predicted octanol–water partition coefficient (Wildman–Crippen LogP) is 3.72. The molecule has 0 aliphatic carbocycles. The number of rotatable bonds is 3. The zero-order valence-corrected chi connectivity index (χ0v) is 13.5. The van der Waals surface area contributed by atoms with E-state index in [-0.39, 0.29) is 0 Å². The lowest BCUT2D eigenvalue weighted by Gasteiger charge is -2.26. The molecule has 4 rings (SSSR count). The molecule has 1 saturated heterocycles. The summed E-state index contributed by atoms with van der Waals surface area (Å²) in [5.74, 6) is 0. The third kappa shape index (κ3) is 3.11. The van der Waals surface area contributed by atoms with Crippen LogP contribution in [0.4, 0.5) is 0 Å². The van der Waals surface area contributed by atoms with Crippen molar-refractivity contribution in [3.8, 4) is 11.3 Å². The normalized spacial score (nSPS) is 16.0. The van der Waals surface area contributed by atoms with E-state index in [1.165, 1.54) is 5.56 Å². The molecule has 1 N–H and O–H groups in total. The summed E-state index contributed by atoms with van der Waals surface area (Å²) in [5.41, 5.74) is 4.33. The molecule has 3 heterocycles. The summed E-state index contributed by atoms with van der Waals surface area (Å²) >= 11 is 6.22. The minimum Gasteiger partial charge on any atom is -0.379 e. The van der Waals surface area contributed by atoms with E-state index in [9.17, 15) is 0 Å². The van der Waals surface area contributed by atoms with Gasteiger partial charge in [-0.05, 0) is 23.3 Å². The first kappa shape index (κ1) is 14.7. The van der Waals surface area contributed by atoms with Crippen LogP contribution in [0.1, 0.15) is 5.56 Å². The van der Waals surface area contributed by atoms with Crippen LogP contribution in [-0.4, -0.2) is 41.2 Å². The summed E-state index contributed by atoms with van der Waals surface area (Å²) in [6.45, 7) is 4.66. The summed E-state index contributed by atoms with van der Waals surface area (Å²) < 4.78 is 5.39. The number of nitrogens with one attached hydrogen (secondary N) is 1. The van der Waals surface area contributed by atoms with Crippen LogP contribution in [0.15, 0.2) is 42.6 Å². The standard InChI is InChI=1S/C18H18ClN3O/c19-16-5-6-20-18-15(16)11-17(21-18)14-3-1-13(2-4-14)12-22-7-9-23-10-8-22/h1-6,11H,7-10,12H2,(H,20,21). The Bertz CT molecular complexity index is 807. The fourth-order valence-electron chi connectivity index (χ4n) is 2.96. The van der Waals surface area contributed by atoms with Gasteiger partial charge in [0.05, 0.1) is 18.2 Å². The van der Waals surface area contributed by atoms with Crippen molar-refractivity contribution in [1.29, 1.82) is 0 Å². The molecule has 5 heteroatoms. The average Bonchev–Trinajstić information content (AvgIpc) is 3.02. The molecule has 0 radical (unpaired) electrons. The maximum Gasteiger partial charge on any atom is 0.139 e. The summed E-state index contributed by atoms with van der Waals surface area (Å²) in [4.78, 5) is 10.1. The summed E-state index contributed by atoms with van der Waals surface area (Å²) in [7, 11) is 0. The van der Waals surface area contributed by atoms with E-state index >= 15 is 0 Å². The Hall–Kier alpha value is -1.88. The highest BCUT2D eigenvalue weighted by Gasteiger charge is 2.11. The molecule has 0 amide bonds. The van der Waals surface area contributed by atoms with Gasteiger partial charge in [0.15, 0.2) is 0 Å². The fraction of sp³-hybridized carbons (Fsp3) is 0.278. The molecular formula is C18H18ClN3O. The Kier molecular flexibility index (Phi) is 4.04. The quantitative estimate of drug-likeness (QED) is 0.797. The monoisotopic (exact) mass is 327 g/mol. The van der Waals surface area contributed by atoms with Gasteiger partial charge >= 0.3 is 0 Å². The van der Waals surface area contributed by atoms with Crippen LogP contribution < -0.4 is 0 Å². The van der Waals surface area contributed by atoms with Gasteiger partial charge in [-0.15, -0.1) is 0 Å². The van der Waals surface area contributed by atoms with E-state index in [1.807, 2.05) is 6.07 Å². The van der Waals surface area contributed by atoms with Crippen molar-refractivity contribution in [2.75, 3.05) is 26.3 Å². The molecule has 0 saturated carbocycles. The lowest BCUT2D eigenvalue weighted by Crippen LogP contribution is -2.35. The van der Waals surface area contributed by atoms with E-state index in [0.717, 1.165) is 60.2 Å². The third-order valence-corrected chi connectivity index (χ3v) is 4.58. The Morgan fingerprint density at radius 3 is 2.65 bits per heavy atom. The number of halogens is 1. The highest BCUT2D eigenvalue weighted by molar-refractivity contribution is 6.35. The molecule has 2 aromatic heterocycles. The summed E-state index contributed by atoms with van der Waals surface area (Å²) in [5, 5.41) is 1.68. The Labute approximate surface area is 140 Å². The first-order valence-corrected chi connectivity index (χ1v) is 8.20. The van der Waals surface area contributed by atoms with Crippen LogP contribution in [0.25, 0.3) is 22.3 Å². The first-order chi connectivity index (χ1) is 11.3. The van der Waals surface area contributed by atoms with Crippen molar-refractivity contribution in [3.63, 3.8) is 0 Å². The van der Waals surface area contributed by atoms with Gasteiger partial charge in [-0.2, -0.15) is 0 Å². The number of ether oxygens (including phenoxy) is 1. The van der Waals surface area contributed by atoms with Gasteiger partial charge in [0, 0.05) is 36.9 Å². The zero-order valence-electron chi connectivity index (χ0n) is 12.8. The topological polar surface area (TPSA) is 41.2 Å². The van der Waals surface area contributed by atoms with Crippen molar-refractivity contribution >= 4 is 22.6 Å². The van der Waals surface area contributed by atoms with Crippen molar-refractivity contribution in [3.05, 3.63) is 53.2 Å². The second-order valence-electron chi connectivity index (χ2n) is 5.82. The van der Waals surface area contributed by atoms with E-state index in [1.54, 1.807) is 6.20 Å². The molecule has 1 aromatic carbocycles. The average molecular weight is 328 g/mol. The molecule has 23 heavy (non-hydrogen) atoms. The van der Waals surface area contributed by atoms with Crippen LogP contribution >= 0.6 is 11.6 Å². The maximum atomic E-state index is 6.22. The number of benzene rings is 1. The van der Waals surface area contributed by atoms with Crippen molar-refractivity contribution in [2.24, 2.45) is 0 Å². The van der Waals surface area contributed by atoms with Gasteiger partial charge in [-0.1, -0.05) is 35.9 Å². The molecule has 0 spiro atoms. The number of fused-ring (bicyclic) bond motifs is 1. The van der Waals surface area contributed by atoms with Crippen LogP contribution in [0, 0.1) is 0 Å². The Morgan fingerprint density at radius 2 is 1.91 bits per heavy atom. The van der Waals surface area contributed by atoms with Crippen LogP contribution in [0.2, 0.25) is 5.02 Å². The molecule has 0 atom stereocenters. The minimum absolute atomic E-state index is 0.724. The second-order valence-corrected chi connectivity index (χ2v) is 6.23. The third-order valence-electron chi connectivity index (χ3n) is 4.25. The highest BCUT2D eigenvalue weighted by atomic mass is 35.5. The second kappa shape index (κ2) is 6.32. The van der Waals surface area contributed by atoms with Gasteiger partial charge in [0.1, 0.15) is 5.65 Å². The van der Waals surface area contributed by atoms with Crippen molar-refractivity contribution < 1.29 is 4.74 Å². The van der Waals surface area contributed by atoms with Gasteiger partial charge in [-0.3, -0.25) is 4.90 Å². The SMILES string of the molecule is Clc1ccnc2[nH]c(-c3ccc(CN4CCOCC4)cc3)cc12. The summed E-state index contributed by atoms with van der Waals surface area (Å²) in [6, 6.07) is 12.5. The van der Waals surface area contributed by atoms with Crippen LogP contribution in [0.5, 0.6) is 0 Å². The minimum atomic E-state index is 0.724. The zero-order chi connectivity index (χ0) is 15.6. The Morgan fingerprint density at radius 1 is 1.13 bits per heavy atom. The number of hydrogen-bond donors (Lipinski definition) is 1. The van der Waals surface area contributed by atoms with Crippen LogP contribution in [-0.2, 0) is 11.3 Å². The number of hydrogen-bond acceptors (Lipinski definition) is 3. The fourth-order valence-corrected chi connectivity index (χ4v) is 3.16. The Balaban J connectivity index is 1.55. The van der Waals surface area contributed by atoms with E-state index < -0.39 is 0 Å². The van der Waals surface area contributed by atoms with E-state index in [0.29, 0.717) is 0 Å². The molecule has 3 aromatic rings. The van der Waals surface area contributed by atoms with E-state index in [4.69, 9.17) is 16.3 Å². The van der Waals surface area contributed by atoms with Gasteiger partial charge in [0.25, 0.3) is 0 Å². The molecule has 1 aliphatic heterocycles. The van der Waals surface area contributed by atoms with Gasteiger partial charge in [0.2, 0.25) is 0 Å². The number of aromatic nitrogens is 2. The maximum absolute atomic E-state index is 6.22. The van der Waals surface area contributed by atoms with Crippen LogP contribution in [0.3, 0.4) is 0 Å². The number of pyridine rings is 1. The largest absolute Gasteiger partial charge is 0.379 e. The smallest absolute Gasteiger partial charge is 0.139 e. The molecule has 4 nitrogen and oxygen atoms in total. The lowest BCUT2D eigenvalue weighted by molar-refractivity contribution is 0.0342. The first-order valence-electron chi connectivity index (χ1n) is 7.82. The summed E-state index contributed by atoms with van der Waals surface area (Å²) in [6.07, 6.45) is 1.72. The molecule has 1 aliphatic rings. The van der Waals surface area contributed by atoms with Crippen molar-refractivity contribution in [1.82, 2.24) is 14.9 Å². The number of nitrogens with zero attached hydrogens (tertiary/aromatic N) is 2. The van der Waals surface area contributed by atoms with Gasteiger partial charge in [-0.25, -0.2) is 4.98 Å². The lowest BCUT2D eigenvalue weighted by atomic mass is 10.1. The number of H-pyrrole nitrogens is 1. The van der Waals surface area contributed by atoms with Gasteiger partial charge < -0.3 is 9.72 Å². The number of aromatic amines is 1. The molecule has 0 bridgehead atoms. The molecule has 1 fully saturated rings. The predicted molar refractivity (Wildman–Crippen MR) is 92.6 cm³/mol. The van der Waals surface area contributed by atoms with E-state index in [2.05, 4.69) is 45.2 Å². The molecular weight excluding hydrogens is 310 g/mol.